The summed E-state index contributed by atoms with van der Waals surface area (Å²) in [6.07, 6.45) is 0. The standard InChI is InChI=1S/C18H17FN2O5/c1-25-15-9-5-4-8-14(15)21-16(22)11-26-17(23)10-20-18(24)12-6-2-3-7-13(12)19/h2-9H,10-11H2,1H3,(H,20,24)(H,21,22). The minimum atomic E-state index is -0.829. The predicted octanol–water partition coefficient (Wildman–Crippen LogP) is 1.75. The first-order valence-electron chi connectivity index (χ1n) is 7.62. The molecular formula is C18H17FN2O5. The Morgan fingerprint density at radius 3 is 2.46 bits per heavy atom. The number of rotatable bonds is 7. The molecule has 0 saturated carbocycles. The Balaban J connectivity index is 1.77. The Morgan fingerprint density at radius 2 is 1.73 bits per heavy atom. The van der Waals surface area contributed by atoms with Crippen LogP contribution < -0.4 is 15.4 Å². The van der Waals surface area contributed by atoms with Crippen LogP contribution >= 0.6 is 0 Å². The van der Waals surface area contributed by atoms with Crippen molar-refractivity contribution in [3.8, 4) is 5.75 Å². The number of nitrogens with one attached hydrogen (secondary N) is 2. The normalized spacial score (nSPS) is 9.92. The Bertz CT molecular complexity index is 810. The largest absolute Gasteiger partial charge is 0.495 e. The van der Waals surface area contributed by atoms with Crippen LogP contribution in [0.1, 0.15) is 10.4 Å². The average molecular weight is 360 g/mol. The summed E-state index contributed by atoms with van der Waals surface area (Å²) in [5.74, 6) is -2.38. The number of para-hydroxylation sites is 2. The molecule has 0 radical (unpaired) electrons. The van der Waals surface area contributed by atoms with Gasteiger partial charge in [0, 0.05) is 0 Å². The van der Waals surface area contributed by atoms with E-state index in [-0.39, 0.29) is 5.56 Å². The molecule has 2 N–H and O–H groups in total. The minimum Gasteiger partial charge on any atom is -0.495 e. The van der Waals surface area contributed by atoms with Crippen molar-refractivity contribution < 1.29 is 28.2 Å². The van der Waals surface area contributed by atoms with Gasteiger partial charge in [-0.05, 0) is 24.3 Å². The maximum absolute atomic E-state index is 13.4. The van der Waals surface area contributed by atoms with Crippen LogP contribution in [0.3, 0.4) is 0 Å². The molecular weight excluding hydrogens is 343 g/mol. The molecule has 26 heavy (non-hydrogen) atoms. The summed E-state index contributed by atoms with van der Waals surface area (Å²) in [7, 11) is 1.46. The second-order valence-electron chi connectivity index (χ2n) is 5.07. The monoisotopic (exact) mass is 360 g/mol. The summed E-state index contributed by atoms with van der Waals surface area (Å²) in [5.41, 5.74) is 0.248. The summed E-state index contributed by atoms with van der Waals surface area (Å²) in [5, 5.41) is 4.76. The van der Waals surface area contributed by atoms with Gasteiger partial charge in [-0.25, -0.2) is 4.39 Å². The lowest BCUT2D eigenvalue weighted by molar-refractivity contribution is -0.146. The average Bonchev–Trinajstić information content (AvgIpc) is 2.65. The van der Waals surface area contributed by atoms with E-state index in [2.05, 4.69) is 10.6 Å². The second-order valence-corrected chi connectivity index (χ2v) is 5.07. The summed E-state index contributed by atoms with van der Waals surface area (Å²) < 4.78 is 23.3. The van der Waals surface area contributed by atoms with Gasteiger partial charge in [0.2, 0.25) is 0 Å². The van der Waals surface area contributed by atoms with E-state index in [0.29, 0.717) is 11.4 Å². The van der Waals surface area contributed by atoms with Crippen molar-refractivity contribution in [1.29, 1.82) is 0 Å². The minimum absolute atomic E-state index is 0.186. The van der Waals surface area contributed by atoms with Crippen LogP contribution in [-0.4, -0.2) is 38.0 Å². The second kappa shape index (κ2) is 9.16. The summed E-state index contributed by atoms with van der Waals surface area (Å²) in [6.45, 7) is -1.03. The molecule has 2 aromatic carbocycles. The number of carbonyl (C=O) groups is 3. The number of methoxy groups -OCH3 is 1. The molecule has 0 aromatic heterocycles. The Kier molecular flexibility index (Phi) is 6.67. The number of anilines is 1. The third-order valence-corrected chi connectivity index (χ3v) is 3.26. The van der Waals surface area contributed by atoms with Gasteiger partial charge in [0.05, 0.1) is 18.4 Å². The molecule has 0 fully saturated rings. The van der Waals surface area contributed by atoms with Crippen LogP contribution in [0.15, 0.2) is 48.5 Å². The number of hydrogen-bond donors (Lipinski definition) is 2. The van der Waals surface area contributed by atoms with Crippen LogP contribution in [0.2, 0.25) is 0 Å². The molecule has 0 heterocycles. The lowest BCUT2D eigenvalue weighted by Gasteiger charge is -2.10. The van der Waals surface area contributed by atoms with Gasteiger partial charge in [0.25, 0.3) is 11.8 Å². The third-order valence-electron chi connectivity index (χ3n) is 3.26. The molecule has 0 spiro atoms. The first kappa shape index (κ1) is 18.9. The Hall–Kier alpha value is -3.42. The SMILES string of the molecule is COc1ccccc1NC(=O)COC(=O)CNC(=O)c1ccccc1F. The van der Waals surface area contributed by atoms with Gasteiger partial charge in [-0.2, -0.15) is 0 Å². The number of esters is 1. The first-order chi connectivity index (χ1) is 12.5. The van der Waals surface area contributed by atoms with E-state index in [0.717, 1.165) is 6.07 Å². The van der Waals surface area contributed by atoms with E-state index in [1.165, 1.54) is 25.3 Å². The molecule has 136 valence electrons. The van der Waals surface area contributed by atoms with Crippen molar-refractivity contribution >= 4 is 23.5 Å². The van der Waals surface area contributed by atoms with Gasteiger partial charge in [-0.3, -0.25) is 14.4 Å². The molecule has 8 heteroatoms. The van der Waals surface area contributed by atoms with Crippen molar-refractivity contribution in [3.63, 3.8) is 0 Å². The fourth-order valence-corrected chi connectivity index (χ4v) is 2.02. The number of ether oxygens (including phenoxy) is 2. The molecule has 2 rings (SSSR count). The molecule has 0 aliphatic rings. The summed E-state index contributed by atoms with van der Waals surface area (Å²) in [6, 6.07) is 12.1. The van der Waals surface area contributed by atoms with Crippen LogP contribution in [0, 0.1) is 5.82 Å². The fourth-order valence-electron chi connectivity index (χ4n) is 2.02. The van der Waals surface area contributed by atoms with Crippen LogP contribution in [-0.2, 0) is 14.3 Å². The molecule has 0 aliphatic carbocycles. The third kappa shape index (κ3) is 5.30. The zero-order valence-electron chi connectivity index (χ0n) is 14.0. The first-order valence-corrected chi connectivity index (χ1v) is 7.62. The van der Waals surface area contributed by atoms with E-state index in [4.69, 9.17) is 9.47 Å². The molecule has 0 aliphatic heterocycles. The zero-order chi connectivity index (χ0) is 18.9. The zero-order valence-corrected chi connectivity index (χ0v) is 14.0. The number of hydrogen-bond acceptors (Lipinski definition) is 5. The maximum atomic E-state index is 13.4. The van der Waals surface area contributed by atoms with Gasteiger partial charge in [0.1, 0.15) is 18.1 Å². The Morgan fingerprint density at radius 1 is 1.04 bits per heavy atom. The highest BCUT2D eigenvalue weighted by atomic mass is 19.1. The predicted molar refractivity (Wildman–Crippen MR) is 91.3 cm³/mol. The molecule has 0 atom stereocenters. The van der Waals surface area contributed by atoms with Gasteiger partial charge in [-0.15, -0.1) is 0 Å². The van der Waals surface area contributed by atoms with Crippen LogP contribution in [0.5, 0.6) is 5.75 Å². The lowest BCUT2D eigenvalue weighted by Crippen LogP contribution is -2.32. The van der Waals surface area contributed by atoms with Crippen LogP contribution in [0.4, 0.5) is 10.1 Å². The fraction of sp³-hybridized carbons (Fsp3) is 0.167. The number of halogens is 1. The highest BCUT2D eigenvalue weighted by Gasteiger charge is 2.14. The van der Waals surface area contributed by atoms with Crippen molar-refractivity contribution in [2.75, 3.05) is 25.6 Å². The van der Waals surface area contributed by atoms with Crippen molar-refractivity contribution in [3.05, 3.63) is 59.9 Å². The number of benzene rings is 2. The molecule has 0 saturated heterocycles. The molecule has 0 unspecified atom stereocenters. The van der Waals surface area contributed by atoms with Crippen molar-refractivity contribution in [2.24, 2.45) is 0 Å². The maximum Gasteiger partial charge on any atom is 0.325 e. The van der Waals surface area contributed by atoms with Gasteiger partial charge >= 0.3 is 5.97 Å². The van der Waals surface area contributed by atoms with Crippen LogP contribution in [0.25, 0.3) is 0 Å². The van der Waals surface area contributed by atoms with Crippen molar-refractivity contribution in [1.82, 2.24) is 5.32 Å². The van der Waals surface area contributed by atoms with E-state index >= 15 is 0 Å². The number of amides is 2. The van der Waals surface area contributed by atoms with E-state index in [1.54, 1.807) is 24.3 Å². The Labute approximate surface area is 149 Å². The van der Waals surface area contributed by atoms with Crippen molar-refractivity contribution in [2.45, 2.75) is 0 Å². The van der Waals surface area contributed by atoms with E-state index in [9.17, 15) is 18.8 Å². The van der Waals surface area contributed by atoms with E-state index < -0.39 is 36.8 Å². The van der Waals surface area contributed by atoms with Gasteiger partial charge in [0.15, 0.2) is 6.61 Å². The van der Waals surface area contributed by atoms with E-state index in [1.807, 2.05) is 0 Å². The smallest absolute Gasteiger partial charge is 0.325 e. The molecule has 0 bridgehead atoms. The van der Waals surface area contributed by atoms with Gasteiger partial charge in [-0.1, -0.05) is 24.3 Å². The van der Waals surface area contributed by atoms with Gasteiger partial charge < -0.3 is 20.1 Å². The quantitative estimate of drug-likeness (QED) is 0.734. The number of carbonyl (C=O) groups excluding carboxylic acids is 3. The molecule has 7 nitrogen and oxygen atoms in total. The summed E-state index contributed by atoms with van der Waals surface area (Å²) >= 11 is 0. The lowest BCUT2D eigenvalue weighted by atomic mass is 10.2. The molecule has 2 amide bonds. The molecule has 2 aromatic rings. The summed E-state index contributed by atoms with van der Waals surface area (Å²) in [4.78, 5) is 35.2. The highest BCUT2D eigenvalue weighted by molar-refractivity contribution is 5.97. The topological polar surface area (TPSA) is 93.7 Å². The highest BCUT2D eigenvalue weighted by Crippen LogP contribution is 2.22.